The average Bonchev–Trinajstić information content (AvgIpc) is 3.64. The third kappa shape index (κ3) is 7.05. The van der Waals surface area contributed by atoms with Crippen molar-refractivity contribution in [3.8, 4) is 51.3 Å². The van der Waals surface area contributed by atoms with Gasteiger partial charge in [0.25, 0.3) is 0 Å². The second kappa shape index (κ2) is 16.0. The molecule has 7 nitrogen and oxygen atoms in total. The Hall–Kier alpha value is -7.26. The summed E-state index contributed by atoms with van der Waals surface area (Å²) in [4.78, 5) is 1.81. The molecule has 0 unspecified atom stereocenters. The normalized spacial score (nSPS) is 12.7. The van der Waals surface area contributed by atoms with Gasteiger partial charge in [-0.1, -0.05) is 97.1 Å². The van der Waals surface area contributed by atoms with E-state index >= 15 is 0 Å². The Morgan fingerprint density at radius 2 is 1.16 bits per heavy atom. The lowest BCUT2D eigenvalue weighted by Gasteiger charge is -2.19. The van der Waals surface area contributed by atoms with Crippen molar-refractivity contribution < 1.29 is 23.7 Å². The minimum Gasteiger partial charge on any atom is -0.497 e. The van der Waals surface area contributed by atoms with Crippen molar-refractivity contribution >= 4 is 34.1 Å². The van der Waals surface area contributed by atoms with Crippen molar-refractivity contribution in [1.29, 1.82) is 10.5 Å². The number of benzene rings is 5. The molecular weight excluding hydrogens is 717 g/mol. The maximum absolute atomic E-state index is 9.66. The monoisotopic (exact) mass is 750 g/mol. The van der Waals surface area contributed by atoms with E-state index in [1.165, 1.54) is 0 Å². The van der Waals surface area contributed by atoms with Crippen LogP contribution < -0.4 is 23.7 Å². The van der Waals surface area contributed by atoms with Gasteiger partial charge in [0, 0.05) is 11.1 Å². The summed E-state index contributed by atoms with van der Waals surface area (Å²) in [7, 11) is 3.35. The van der Waals surface area contributed by atoms with Crippen LogP contribution in [0.3, 0.4) is 0 Å². The van der Waals surface area contributed by atoms with Gasteiger partial charge in [-0.2, -0.15) is 10.5 Å². The molecule has 272 valence electrons. The molecule has 8 heteroatoms. The van der Waals surface area contributed by atoms with Gasteiger partial charge in [-0.05, 0) is 87.5 Å². The van der Waals surface area contributed by atoms with Crippen LogP contribution in [0.4, 0.5) is 0 Å². The van der Waals surface area contributed by atoms with Crippen LogP contribution >= 0.6 is 11.3 Å². The van der Waals surface area contributed by atoms with Crippen LogP contribution in [0.1, 0.15) is 32.7 Å². The quantitative estimate of drug-likeness (QED) is 0.107. The number of ether oxygens (including phenoxy) is 5. The van der Waals surface area contributed by atoms with Crippen molar-refractivity contribution in [1.82, 2.24) is 0 Å². The Labute approximate surface area is 329 Å². The highest BCUT2D eigenvalue weighted by Crippen LogP contribution is 2.50. The summed E-state index contributed by atoms with van der Waals surface area (Å²) in [5, 5.41) is 19.3. The average molecular weight is 751 g/mol. The molecule has 56 heavy (non-hydrogen) atoms. The Morgan fingerprint density at radius 1 is 0.625 bits per heavy atom. The molecule has 0 radical (unpaired) electrons. The first kappa shape index (κ1) is 35.8. The smallest absolute Gasteiger partial charge is 0.180 e. The predicted octanol–water partition coefficient (Wildman–Crippen LogP) is 11.0. The van der Waals surface area contributed by atoms with Crippen molar-refractivity contribution in [3.05, 3.63) is 184 Å². The zero-order chi connectivity index (χ0) is 38.4. The van der Waals surface area contributed by atoms with Gasteiger partial charge >= 0.3 is 0 Å². The number of nitrogens with zero attached hydrogens (tertiary/aromatic N) is 2. The lowest BCUT2D eigenvalue weighted by Crippen LogP contribution is -2.14. The van der Waals surface area contributed by atoms with E-state index in [1.807, 2.05) is 78.9 Å². The van der Waals surface area contributed by atoms with Crippen LogP contribution in [0, 0.1) is 22.7 Å². The van der Waals surface area contributed by atoms with Crippen LogP contribution in [0.5, 0.6) is 28.7 Å². The molecule has 0 bridgehead atoms. The fourth-order valence-electron chi connectivity index (χ4n) is 6.84. The van der Waals surface area contributed by atoms with Gasteiger partial charge in [-0.3, -0.25) is 0 Å². The highest BCUT2D eigenvalue weighted by atomic mass is 32.1. The number of nitriles is 2. The van der Waals surface area contributed by atoms with E-state index in [0.717, 1.165) is 60.2 Å². The number of allylic oxidation sites excluding steroid dienone is 4. The van der Waals surface area contributed by atoms with Crippen LogP contribution in [0.2, 0.25) is 0 Å². The van der Waals surface area contributed by atoms with Crippen molar-refractivity contribution in [2.24, 2.45) is 0 Å². The Bertz CT molecular complexity index is 2550. The summed E-state index contributed by atoms with van der Waals surface area (Å²) in [6.07, 6.45) is 5.48. The maximum Gasteiger partial charge on any atom is 0.180 e. The first-order valence-corrected chi connectivity index (χ1v) is 18.7. The predicted molar refractivity (Wildman–Crippen MR) is 221 cm³/mol. The summed E-state index contributed by atoms with van der Waals surface area (Å²) < 4.78 is 29.6. The lowest BCUT2D eigenvalue weighted by atomic mass is 9.85. The highest BCUT2D eigenvalue weighted by molar-refractivity contribution is 7.17. The molecule has 0 spiro atoms. The van der Waals surface area contributed by atoms with Crippen molar-refractivity contribution in [3.63, 3.8) is 0 Å². The van der Waals surface area contributed by atoms with Crippen LogP contribution in [0.25, 0.3) is 33.2 Å². The molecule has 0 saturated heterocycles. The molecular formula is C48H34N2O5S. The number of methoxy groups -OCH3 is 2. The van der Waals surface area contributed by atoms with E-state index in [2.05, 4.69) is 72.8 Å². The Morgan fingerprint density at radius 3 is 1.75 bits per heavy atom. The lowest BCUT2D eigenvalue weighted by molar-refractivity contribution is 0.174. The van der Waals surface area contributed by atoms with E-state index in [4.69, 9.17) is 23.7 Å². The second-order valence-corrected chi connectivity index (χ2v) is 13.8. The summed E-state index contributed by atoms with van der Waals surface area (Å²) in [5.74, 6) is 4.02. The number of para-hydroxylation sites is 1. The van der Waals surface area contributed by atoms with Gasteiger partial charge in [0.1, 0.15) is 53.9 Å². The molecule has 8 rings (SSSR count). The standard InChI is InChI=1S/C48H34N2O5S/c1-51-37-20-16-33(17-21-37)45(34-18-22-38(52-2)23-19-34)44(31-8-4-3-5-9-31)32-12-14-35(15-13-32)48-47-46(53-26-27-54-47)43(56-48)25-24-39-28-41(36(29-49)30-50)40-10-6-7-11-42(40)55-39/h3-25,28H,26-27H2,1-2H3. The minimum absolute atomic E-state index is 0.0213. The molecule has 1 aromatic heterocycles. The summed E-state index contributed by atoms with van der Waals surface area (Å²) in [6.45, 7) is 0.872. The van der Waals surface area contributed by atoms with E-state index in [0.29, 0.717) is 47.4 Å². The van der Waals surface area contributed by atoms with Crippen LogP contribution in [0.15, 0.2) is 151 Å². The first-order valence-electron chi connectivity index (χ1n) is 17.9. The van der Waals surface area contributed by atoms with E-state index < -0.39 is 0 Å². The molecule has 5 aromatic carbocycles. The van der Waals surface area contributed by atoms with Gasteiger partial charge in [0.05, 0.1) is 24.0 Å². The number of hydrogen-bond acceptors (Lipinski definition) is 8. The summed E-state index contributed by atoms with van der Waals surface area (Å²) in [6, 6.07) is 46.7. The molecule has 2 aliphatic heterocycles. The van der Waals surface area contributed by atoms with Gasteiger partial charge in [0.15, 0.2) is 11.5 Å². The van der Waals surface area contributed by atoms with E-state index in [1.54, 1.807) is 31.6 Å². The summed E-state index contributed by atoms with van der Waals surface area (Å²) in [5.41, 5.74) is 8.61. The molecule has 0 fully saturated rings. The molecule has 0 N–H and O–H groups in total. The topological polar surface area (TPSA) is 93.7 Å². The van der Waals surface area contributed by atoms with Gasteiger partial charge in [-0.15, -0.1) is 11.3 Å². The van der Waals surface area contributed by atoms with Crippen molar-refractivity contribution in [2.45, 2.75) is 0 Å². The minimum atomic E-state index is 0.0213. The second-order valence-electron chi connectivity index (χ2n) is 12.8. The first-order chi connectivity index (χ1) is 27.6. The largest absolute Gasteiger partial charge is 0.497 e. The summed E-state index contributed by atoms with van der Waals surface area (Å²) >= 11 is 1.56. The SMILES string of the molecule is COc1ccc(C(=C(c2ccccc2)c2ccc(-c3sc(C=CC4=CC(=C(C#N)C#N)c5ccccc5O4)c4c3OCCO4)cc2)c2ccc(OC)cc2)cc1. The Kier molecular flexibility index (Phi) is 10.2. The van der Waals surface area contributed by atoms with Crippen LogP contribution in [-0.2, 0) is 0 Å². The van der Waals surface area contributed by atoms with E-state index in [9.17, 15) is 10.5 Å². The zero-order valence-electron chi connectivity index (χ0n) is 30.6. The highest BCUT2D eigenvalue weighted by Gasteiger charge is 2.26. The maximum atomic E-state index is 9.66. The molecule has 0 aliphatic carbocycles. The van der Waals surface area contributed by atoms with E-state index in [-0.39, 0.29) is 5.57 Å². The molecule has 0 saturated carbocycles. The third-order valence-electron chi connectivity index (χ3n) is 9.51. The molecule has 0 amide bonds. The number of hydrogen-bond donors (Lipinski definition) is 0. The fourth-order valence-corrected chi connectivity index (χ4v) is 7.94. The zero-order valence-corrected chi connectivity index (χ0v) is 31.4. The molecule has 0 atom stereocenters. The molecule has 6 aromatic rings. The van der Waals surface area contributed by atoms with Gasteiger partial charge < -0.3 is 23.7 Å². The third-order valence-corrected chi connectivity index (χ3v) is 10.7. The van der Waals surface area contributed by atoms with Gasteiger partial charge in [0.2, 0.25) is 0 Å². The van der Waals surface area contributed by atoms with Crippen LogP contribution in [-0.4, -0.2) is 27.4 Å². The molecule has 2 aliphatic rings. The number of rotatable bonds is 9. The number of thiophene rings is 1. The molecule has 3 heterocycles. The Balaban J connectivity index is 1.21. The number of fused-ring (bicyclic) bond motifs is 2. The fraction of sp³-hybridized carbons (Fsp3) is 0.0833. The van der Waals surface area contributed by atoms with Crippen molar-refractivity contribution in [2.75, 3.05) is 27.4 Å². The van der Waals surface area contributed by atoms with Gasteiger partial charge in [-0.25, -0.2) is 0 Å².